The van der Waals surface area contributed by atoms with E-state index in [1.807, 2.05) is 12.1 Å². The molecule has 2 fully saturated rings. The van der Waals surface area contributed by atoms with E-state index in [-0.39, 0.29) is 0 Å². The van der Waals surface area contributed by atoms with Crippen molar-refractivity contribution in [3.05, 3.63) is 71.0 Å². The van der Waals surface area contributed by atoms with Crippen molar-refractivity contribution in [3.8, 4) is 17.5 Å². The molecule has 166 valence electrons. The van der Waals surface area contributed by atoms with Crippen molar-refractivity contribution in [1.29, 1.82) is 0 Å². The van der Waals surface area contributed by atoms with E-state index in [1.165, 1.54) is 42.7 Å². The smallest absolute Gasteiger partial charge is 0.316 e. The summed E-state index contributed by atoms with van der Waals surface area (Å²) in [5.74, 6) is 2.38. The van der Waals surface area contributed by atoms with Crippen molar-refractivity contribution in [2.24, 2.45) is 5.92 Å². The second-order valence-corrected chi connectivity index (χ2v) is 9.28. The fraction of sp³-hybridized carbons (Fsp3) is 0.385. The van der Waals surface area contributed by atoms with Crippen LogP contribution >= 0.6 is 11.6 Å². The Labute approximate surface area is 194 Å². The zero-order chi connectivity index (χ0) is 21.9. The number of halogens is 1. The Balaban J connectivity index is 1.09. The highest BCUT2D eigenvalue weighted by Gasteiger charge is 2.32. The third kappa shape index (κ3) is 4.83. The van der Waals surface area contributed by atoms with Gasteiger partial charge in [0.25, 0.3) is 0 Å². The number of hydrogen-bond donors (Lipinski definition) is 0. The largest absolute Gasteiger partial charge is 0.463 e. The Morgan fingerprint density at radius 3 is 2.50 bits per heavy atom. The van der Waals surface area contributed by atoms with Crippen LogP contribution < -0.4 is 14.4 Å². The van der Waals surface area contributed by atoms with Crippen LogP contribution in [0.4, 0.5) is 5.69 Å². The van der Waals surface area contributed by atoms with Crippen LogP contribution in [0.5, 0.6) is 17.5 Å². The molecule has 2 aromatic carbocycles. The van der Waals surface area contributed by atoms with Gasteiger partial charge >= 0.3 is 6.01 Å². The molecule has 1 aliphatic heterocycles. The number of ether oxygens (including phenoxy) is 2. The van der Waals surface area contributed by atoms with Crippen molar-refractivity contribution < 1.29 is 9.47 Å². The van der Waals surface area contributed by atoms with E-state index in [9.17, 15) is 0 Å². The summed E-state index contributed by atoms with van der Waals surface area (Å²) in [5.41, 5.74) is 4.28. The molecule has 3 aromatic rings. The summed E-state index contributed by atoms with van der Waals surface area (Å²) in [6.07, 6.45) is 8.18. The van der Waals surface area contributed by atoms with Gasteiger partial charge in [-0.05, 0) is 85.9 Å². The molecule has 1 saturated carbocycles. The third-order valence-electron chi connectivity index (χ3n) is 6.48. The van der Waals surface area contributed by atoms with Crippen molar-refractivity contribution in [3.63, 3.8) is 0 Å². The van der Waals surface area contributed by atoms with Crippen molar-refractivity contribution in [2.75, 3.05) is 24.6 Å². The van der Waals surface area contributed by atoms with Crippen LogP contribution in [-0.4, -0.2) is 29.7 Å². The van der Waals surface area contributed by atoms with Gasteiger partial charge < -0.3 is 14.4 Å². The molecule has 0 N–H and O–H groups in total. The maximum atomic E-state index is 5.98. The second-order valence-electron chi connectivity index (χ2n) is 8.84. The fourth-order valence-electron chi connectivity index (χ4n) is 4.71. The normalized spacial score (nSPS) is 20.1. The molecule has 5 rings (SSSR count). The molecule has 0 radical (unpaired) electrons. The Kier molecular flexibility index (Phi) is 6.17. The molecule has 6 heteroatoms. The topological polar surface area (TPSA) is 47.5 Å². The van der Waals surface area contributed by atoms with Crippen LogP contribution in [0.3, 0.4) is 0 Å². The van der Waals surface area contributed by atoms with E-state index in [0.29, 0.717) is 41.0 Å². The van der Waals surface area contributed by atoms with E-state index >= 15 is 0 Å². The molecule has 0 atom stereocenters. The monoisotopic (exact) mass is 449 g/mol. The summed E-state index contributed by atoms with van der Waals surface area (Å²) in [4.78, 5) is 11.0. The predicted molar refractivity (Wildman–Crippen MR) is 127 cm³/mol. The molecule has 0 amide bonds. The van der Waals surface area contributed by atoms with Crippen molar-refractivity contribution in [1.82, 2.24) is 9.97 Å². The molecule has 2 heterocycles. The molecule has 1 aromatic heterocycles. The van der Waals surface area contributed by atoms with Gasteiger partial charge in [0.2, 0.25) is 0 Å². The molecule has 2 aliphatic rings. The molecule has 0 bridgehead atoms. The van der Waals surface area contributed by atoms with E-state index in [4.69, 9.17) is 21.1 Å². The van der Waals surface area contributed by atoms with E-state index in [0.717, 1.165) is 12.8 Å². The number of nitrogens with zero attached hydrogens (tertiary/aromatic N) is 3. The lowest BCUT2D eigenvalue weighted by molar-refractivity contribution is 0.149. The summed E-state index contributed by atoms with van der Waals surface area (Å²) >= 11 is 5.98. The minimum absolute atomic E-state index is 0.387. The maximum Gasteiger partial charge on any atom is 0.316 e. The van der Waals surface area contributed by atoms with Crippen LogP contribution in [0.15, 0.2) is 54.9 Å². The summed E-state index contributed by atoms with van der Waals surface area (Å²) in [5, 5.41) is 0.625. The molecule has 0 spiro atoms. The van der Waals surface area contributed by atoms with E-state index < -0.39 is 0 Å². The molecule has 32 heavy (non-hydrogen) atoms. The van der Waals surface area contributed by atoms with Gasteiger partial charge in [0.15, 0.2) is 5.75 Å². The highest BCUT2D eigenvalue weighted by molar-refractivity contribution is 6.30. The summed E-state index contributed by atoms with van der Waals surface area (Å²) in [6, 6.07) is 14.6. The zero-order valence-corrected chi connectivity index (χ0v) is 19.1. The number of aryl methyl sites for hydroxylation is 1. The van der Waals surface area contributed by atoms with Crippen LogP contribution in [-0.2, 0) is 0 Å². The highest BCUT2D eigenvalue weighted by atomic mass is 35.5. The van der Waals surface area contributed by atoms with Crippen LogP contribution in [0.25, 0.3) is 0 Å². The predicted octanol–water partition coefficient (Wildman–Crippen LogP) is 6.40. The standard InChI is InChI=1S/C26H28ClN3O2/c1-18-11-22(30-9-2-3-10-30)7-8-25(18)20-12-19(13-20)17-31-26-28-15-24(16-29-26)32-23-6-4-5-21(27)14-23/h4-8,11,14-16,19-20H,2-3,9-10,12-13,17H2,1H3/t19-,20+. The molecule has 1 saturated heterocycles. The first-order valence-corrected chi connectivity index (χ1v) is 11.8. The zero-order valence-electron chi connectivity index (χ0n) is 18.3. The lowest BCUT2D eigenvalue weighted by Crippen LogP contribution is -2.28. The average molecular weight is 450 g/mol. The highest BCUT2D eigenvalue weighted by Crippen LogP contribution is 2.43. The number of rotatable bonds is 7. The van der Waals surface area contributed by atoms with Crippen LogP contribution in [0.2, 0.25) is 5.02 Å². The summed E-state index contributed by atoms with van der Waals surface area (Å²) < 4.78 is 11.5. The van der Waals surface area contributed by atoms with Crippen LogP contribution in [0.1, 0.15) is 42.7 Å². The van der Waals surface area contributed by atoms with Gasteiger partial charge in [0, 0.05) is 23.8 Å². The van der Waals surface area contributed by atoms with E-state index in [1.54, 1.807) is 24.5 Å². The number of anilines is 1. The molecule has 0 unspecified atom stereocenters. The van der Waals surface area contributed by atoms with Crippen molar-refractivity contribution in [2.45, 2.75) is 38.5 Å². The van der Waals surface area contributed by atoms with Gasteiger partial charge in [-0.3, -0.25) is 0 Å². The molecule has 1 aliphatic carbocycles. The summed E-state index contributed by atoms with van der Waals surface area (Å²) in [6.45, 7) is 5.28. The Bertz CT molecular complexity index is 1060. The van der Waals surface area contributed by atoms with Gasteiger partial charge in [-0.15, -0.1) is 0 Å². The number of benzene rings is 2. The quantitative estimate of drug-likeness (QED) is 0.417. The fourth-order valence-corrected chi connectivity index (χ4v) is 4.89. The Morgan fingerprint density at radius 2 is 1.78 bits per heavy atom. The van der Waals surface area contributed by atoms with Gasteiger partial charge in [0.05, 0.1) is 19.0 Å². The van der Waals surface area contributed by atoms with Gasteiger partial charge in [0.1, 0.15) is 5.75 Å². The van der Waals surface area contributed by atoms with Gasteiger partial charge in [-0.2, -0.15) is 9.97 Å². The first-order chi connectivity index (χ1) is 15.6. The SMILES string of the molecule is Cc1cc(N2CCCC2)ccc1[C@H]1C[C@@H](COc2ncc(Oc3cccc(Cl)c3)cn2)C1. The minimum atomic E-state index is 0.387. The first kappa shape index (κ1) is 21.1. The molecular weight excluding hydrogens is 422 g/mol. The van der Waals surface area contributed by atoms with Crippen LogP contribution in [0, 0.1) is 12.8 Å². The summed E-state index contributed by atoms with van der Waals surface area (Å²) in [7, 11) is 0. The Hall–Kier alpha value is -2.79. The lowest BCUT2D eigenvalue weighted by atomic mass is 9.71. The number of hydrogen-bond acceptors (Lipinski definition) is 5. The molecule has 5 nitrogen and oxygen atoms in total. The van der Waals surface area contributed by atoms with Crippen molar-refractivity contribution >= 4 is 17.3 Å². The Morgan fingerprint density at radius 1 is 1.00 bits per heavy atom. The second kappa shape index (κ2) is 9.37. The van der Waals surface area contributed by atoms with Gasteiger partial charge in [-0.25, -0.2) is 0 Å². The lowest BCUT2D eigenvalue weighted by Gasteiger charge is -2.36. The van der Waals surface area contributed by atoms with Gasteiger partial charge in [-0.1, -0.05) is 23.7 Å². The first-order valence-electron chi connectivity index (χ1n) is 11.4. The maximum absolute atomic E-state index is 5.98. The minimum Gasteiger partial charge on any atom is -0.463 e. The third-order valence-corrected chi connectivity index (χ3v) is 6.72. The number of aromatic nitrogens is 2. The van der Waals surface area contributed by atoms with E-state index in [2.05, 4.69) is 40.0 Å². The average Bonchev–Trinajstić information content (AvgIpc) is 3.30. The molecular formula is C26H28ClN3O2.